The Hall–Kier alpha value is -1.16. The molecule has 2 bridgehead atoms. The molecule has 3 rings (SSSR count). The van der Waals surface area contributed by atoms with Crippen LogP contribution in [0.2, 0.25) is 0 Å². The molecule has 4 heteroatoms. The van der Waals surface area contributed by atoms with E-state index in [-0.39, 0.29) is 17.7 Å². The number of methoxy groups -OCH3 is 1. The van der Waals surface area contributed by atoms with Crippen LogP contribution in [0, 0.1) is 11.8 Å². The summed E-state index contributed by atoms with van der Waals surface area (Å²) in [6, 6.07) is 0. The van der Waals surface area contributed by atoms with Gasteiger partial charge in [0.15, 0.2) is 0 Å². The van der Waals surface area contributed by atoms with Crippen LogP contribution in [-0.2, 0) is 19.1 Å². The maximum absolute atomic E-state index is 11.6. The van der Waals surface area contributed by atoms with Crippen molar-refractivity contribution >= 4 is 11.6 Å². The Morgan fingerprint density at radius 2 is 2.13 bits per heavy atom. The van der Waals surface area contributed by atoms with Gasteiger partial charge in [-0.1, -0.05) is 0 Å². The highest BCUT2D eigenvalue weighted by atomic mass is 16.5. The quantitative estimate of drug-likeness (QED) is 0.644. The fourth-order valence-corrected chi connectivity index (χ4v) is 2.31. The molecule has 0 spiro atoms. The molecule has 1 saturated carbocycles. The van der Waals surface area contributed by atoms with E-state index < -0.39 is 11.8 Å². The van der Waals surface area contributed by atoms with Gasteiger partial charge in [-0.05, 0) is 19.4 Å². The Bertz CT molecular complexity index is 331. The molecular weight excluding hydrogens is 196 g/mol. The van der Waals surface area contributed by atoms with E-state index in [9.17, 15) is 9.59 Å². The van der Waals surface area contributed by atoms with Gasteiger partial charge in [-0.25, -0.2) is 0 Å². The molecule has 0 amide bonds. The van der Waals surface area contributed by atoms with Gasteiger partial charge < -0.3 is 9.47 Å². The molecule has 0 aromatic heterocycles. The number of hydrogen-bond donors (Lipinski definition) is 0. The van der Waals surface area contributed by atoms with Crippen LogP contribution in [-0.4, -0.2) is 31.4 Å². The second-order valence-electron chi connectivity index (χ2n) is 3.81. The van der Waals surface area contributed by atoms with Crippen LogP contribution in [0.25, 0.3) is 0 Å². The largest absolute Gasteiger partial charge is 0.501 e. The van der Waals surface area contributed by atoms with Crippen molar-refractivity contribution in [2.45, 2.75) is 19.4 Å². The lowest BCUT2D eigenvalue weighted by atomic mass is 9.71. The lowest BCUT2D eigenvalue weighted by molar-refractivity contribution is -0.150. The number of carbonyl (C=O) groups excluding carboxylic acids is 2. The molecule has 0 N–H and O–H groups in total. The van der Waals surface area contributed by atoms with Crippen LogP contribution in [0.15, 0.2) is 11.8 Å². The zero-order valence-corrected chi connectivity index (χ0v) is 8.86. The zero-order chi connectivity index (χ0) is 11.0. The summed E-state index contributed by atoms with van der Waals surface area (Å²) in [6.45, 7) is 2.45. The lowest BCUT2D eigenvalue weighted by Gasteiger charge is -2.37. The second-order valence-corrected chi connectivity index (χ2v) is 3.81. The van der Waals surface area contributed by atoms with Gasteiger partial charge in [-0.2, -0.15) is 0 Å². The predicted octanol–water partition coefficient (Wildman–Crippen LogP) is 0.710. The Kier molecular flexibility index (Phi) is 2.61. The number of carbonyl (C=O) groups is 2. The van der Waals surface area contributed by atoms with Crippen molar-refractivity contribution in [2.24, 2.45) is 11.8 Å². The van der Waals surface area contributed by atoms with Crippen molar-refractivity contribution in [2.75, 3.05) is 13.7 Å². The maximum Gasteiger partial charge on any atom is 0.209 e. The number of ether oxygens (including phenoxy) is 2. The third kappa shape index (κ3) is 1.49. The highest BCUT2D eigenvalue weighted by molar-refractivity contribution is 6.41. The van der Waals surface area contributed by atoms with Crippen molar-refractivity contribution in [1.82, 2.24) is 0 Å². The number of rotatable bonds is 3. The summed E-state index contributed by atoms with van der Waals surface area (Å²) in [5.74, 6) is -0.872. The molecule has 1 fully saturated rings. The second kappa shape index (κ2) is 3.77. The summed E-state index contributed by atoms with van der Waals surface area (Å²) in [4.78, 5) is 23.2. The standard InChI is InChI=1S/C11H14O4/c1-3-15-9-5-6-8(14-2)4-7(9)11(13)10(6)12/h4,6-7,9H,3,5H2,1-2H3/t6-,7-,9+/m1/s1. The van der Waals surface area contributed by atoms with Gasteiger partial charge in [0, 0.05) is 6.61 Å². The SMILES string of the molecule is CCO[C@H]1C[C@H]2C(=O)C(=O)[C@@H]1C=C2OC. The summed E-state index contributed by atoms with van der Waals surface area (Å²) in [6.07, 6.45) is 2.16. The minimum absolute atomic E-state index is 0.149. The van der Waals surface area contributed by atoms with Crippen molar-refractivity contribution in [3.63, 3.8) is 0 Å². The number of fused-ring (bicyclic) bond motifs is 2. The third-order valence-electron chi connectivity index (χ3n) is 3.03. The van der Waals surface area contributed by atoms with Gasteiger partial charge in [0.05, 0.1) is 25.0 Å². The highest BCUT2D eigenvalue weighted by Gasteiger charge is 2.49. The van der Waals surface area contributed by atoms with Crippen LogP contribution in [0.1, 0.15) is 13.3 Å². The minimum Gasteiger partial charge on any atom is -0.501 e. The molecule has 15 heavy (non-hydrogen) atoms. The number of allylic oxidation sites excluding steroid dienone is 1. The molecule has 0 aromatic carbocycles. The molecular formula is C11H14O4. The van der Waals surface area contributed by atoms with Crippen LogP contribution in [0.3, 0.4) is 0 Å². The molecule has 82 valence electrons. The van der Waals surface area contributed by atoms with E-state index in [1.165, 1.54) is 7.11 Å². The van der Waals surface area contributed by atoms with Crippen molar-refractivity contribution in [1.29, 1.82) is 0 Å². The predicted molar refractivity (Wildman–Crippen MR) is 52.1 cm³/mol. The lowest BCUT2D eigenvalue weighted by Crippen LogP contribution is -2.49. The molecule has 0 unspecified atom stereocenters. The van der Waals surface area contributed by atoms with Crippen LogP contribution < -0.4 is 0 Å². The number of Topliss-reactive ketones (excluding diaryl/α,β-unsaturated/α-hetero) is 2. The molecule has 0 aliphatic heterocycles. The van der Waals surface area contributed by atoms with E-state index >= 15 is 0 Å². The molecule has 3 atom stereocenters. The summed E-state index contributed by atoms with van der Waals surface area (Å²) >= 11 is 0. The Morgan fingerprint density at radius 3 is 2.73 bits per heavy atom. The van der Waals surface area contributed by atoms with Gasteiger partial charge in [0.1, 0.15) is 5.76 Å². The maximum atomic E-state index is 11.6. The van der Waals surface area contributed by atoms with Gasteiger partial charge in [0.2, 0.25) is 11.6 Å². The number of hydrogen-bond acceptors (Lipinski definition) is 4. The smallest absolute Gasteiger partial charge is 0.209 e. The monoisotopic (exact) mass is 210 g/mol. The first kappa shape index (κ1) is 10.4. The van der Waals surface area contributed by atoms with Gasteiger partial charge in [-0.15, -0.1) is 0 Å². The molecule has 3 aliphatic rings. The summed E-state index contributed by atoms with van der Waals surface area (Å²) in [7, 11) is 1.53. The Labute approximate surface area is 88.2 Å². The topological polar surface area (TPSA) is 52.6 Å². The van der Waals surface area contributed by atoms with Gasteiger partial charge in [-0.3, -0.25) is 9.59 Å². The first-order valence-electron chi connectivity index (χ1n) is 5.14. The summed E-state index contributed by atoms with van der Waals surface area (Å²) < 4.78 is 10.6. The summed E-state index contributed by atoms with van der Waals surface area (Å²) in [5, 5.41) is 0. The van der Waals surface area contributed by atoms with Crippen LogP contribution >= 0.6 is 0 Å². The highest BCUT2D eigenvalue weighted by Crippen LogP contribution is 2.38. The van der Waals surface area contributed by atoms with Crippen LogP contribution in [0.5, 0.6) is 0 Å². The van der Waals surface area contributed by atoms with Crippen molar-refractivity contribution in [3.8, 4) is 0 Å². The fourth-order valence-electron chi connectivity index (χ4n) is 2.31. The molecule has 3 aliphatic carbocycles. The van der Waals surface area contributed by atoms with E-state index in [1.807, 2.05) is 6.92 Å². The van der Waals surface area contributed by atoms with E-state index in [1.54, 1.807) is 6.08 Å². The van der Waals surface area contributed by atoms with Crippen LogP contribution in [0.4, 0.5) is 0 Å². The molecule has 0 heterocycles. The first-order chi connectivity index (χ1) is 7.19. The fraction of sp³-hybridized carbons (Fsp3) is 0.636. The minimum atomic E-state index is -0.433. The van der Waals surface area contributed by atoms with E-state index in [0.29, 0.717) is 18.8 Å². The van der Waals surface area contributed by atoms with Gasteiger partial charge in [0.25, 0.3) is 0 Å². The average molecular weight is 210 g/mol. The van der Waals surface area contributed by atoms with E-state index in [2.05, 4.69) is 0 Å². The first-order valence-corrected chi connectivity index (χ1v) is 5.14. The van der Waals surface area contributed by atoms with Crippen molar-refractivity contribution < 1.29 is 19.1 Å². The van der Waals surface area contributed by atoms with Crippen molar-refractivity contribution in [3.05, 3.63) is 11.8 Å². The summed E-state index contributed by atoms with van der Waals surface area (Å²) in [5.41, 5.74) is 0. The third-order valence-corrected chi connectivity index (χ3v) is 3.03. The van der Waals surface area contributed by atoms with E-state index in [4.69, 9.17) is 9.47 Å². The molecule has 0 aromatic rings. The normalized spacial score (nSPS) is 34.3. The molecule has 0 saturated heterocycles. The van der Waals surface area contributed by atoms with Gasteiger partial charge >= 0.3 is 0 Å². The molecule has 4 nitrogen and oxygen atoms in total. The average Bonchev–Trinajstić information content (AvgIpc) is 2.25. The molecule has 0 radical (unpaired) electrons. The zero-order valence-electron chi connectivity index (χ0n) is 8.86. The number of ketones is 2. The Morgan fingerprint density at radius 1 is 1.40 bits per heavy atom. The Balaban J connectivity index is 2.29. The van der Waals surface area contributed by atoms with E-state index in [0.717, 1.165) is 0 Å².